The predicted molar refractivity (Wildman–Crippen MR) is 92.5 cm³/mol. The van der Waals surface area contributed by atoms with Crippen molar-refractivity contribution in [3.63, 3.8) is 0 Å². The third kappa shape index (κ3) is 4.48. The predicted octanol–water partition coefficient (Wildman–Crippen LogP) is -0.134. The number of aromatic nitrogens is 5. The Bertz CT molecular complexity index is 797. The van der Waals surface area contributed by atoms with Crippen LogP contribution in [0.3, 0.4) is 0 Å². The third-order valence-electron chi connectivity index (χ3n) is 3.92. The van der Waals surface area contributed by atoms with E-state index >= 15 is 0 Å². The molecule has 0 aromatic carbocycles. The lowest BCUT2D eigenvalue weighted by atomic mass is 10.1. The first-order valence-electron chi connectivity index (χ1n) is 8.08. The number of nitrogens with two attached hydrogens (primary N) is 1. The largest absolute Gasteiger partial charge is 0.488 e. The van der Waals surface area contributed by atoms with Crippen molar-refractivity contribution in [3.8, 4) is 5.75 Å². The number of hydrogen-bond donors (Lipinski definition) is 1. The van der Waals surface area contributed by atoms with Gasteiger partial charge in [0.05, 0.1) is 12.3 Å². The van der Waals surface area contributed by atoms with E-state index in [1.165, 1.54) is 28.7 Å². The zero-order valence-corrected chi connectivity index (χ0v) is 15.1. The van der Waals surface area contributed by atoms with Crippen molar-refractivity contribution in [2.45, 2.75) is 24.1 Å². The number of tetrazole rings is 1. The Morgan fingerprint density at radius 3 is 3.04 bits per heavy atom. The molecular formula is C15H19N7O3S. The number of amides is 2. The number of primary amides is 1. The fourth-order valence-electron chi connectivity index (χ4n) is 2.63. The summed E-state index contributed by atoms with van der Waals surface area (Å²) in [4.78, 5) is 29.3. The summed E-state index contributed by atoms with van der Waals surface area (Å²) in [7, 11) is 1.73. The lowest BCUT2D eigenvalue weighted by Gasteiger charge is -2.32. The highest BCUT2D eigenvalue weighted by atomic mass is 32.2. The SMILES string of the molecule is Cn1nnnc1SCC(=O)N1CCCC(Oc2ccnc(C(N)=O)c2)C1. The molecule has 1 unspecified atom stereocenters. The second kappa shape index (κ2) is 8.13. The summed E-state index contributed by atoms with van der Waals surface area (Å²) in [6.07, 6.45) is 3.02. The number of pyridine rings is 1. The molecule has 1 saturated heterocycles. The first-order chi connectivity index (χ1) is 12.5. The molecule has 0 radical (unpaired) electrons. The fraction of sp³-hybridized carbons (Fsp3) is 0.467. The van der Waals surface area contributed by atoms with Crippen LogP contribution in [0.2, 0.25) is 0 Å². The minimum absolute atomic E-state index is 0.0128. The van der Waals surface area contributed by atoms with Crippen LogP contribution in [0.5, 0.6) is 5.75 Å². The lowest BCUT2D eigenvalue weighted by molar-refractivity contribution is -0.130. The molecule has 1 aliphatic heterocycles. The molecular weight excluding hydrogens is 358 g/mol. The zero-order chi connectivity index (χ0) is 18.5. The van der Waals surface area contributed by atoms with Gasteiger partial charge in [0.15, 0.2) is 0 Å². The quantitative estimate of drug-likeness (QED) is 0.689. The molecule has 10 nitrogen and oxygen atoms in total. The van der Waals surface area contributed by atoms with Gasteiger partial charge >= 0.3 is 0 Å². The van der Waals surface area contributed by atoms with Crippen molar-refractivity contribution in [2.75, 3.05) is 18.8 Å². The Hall–Kier alpha value is -2.69. The van der Waals surface area contributed by atoms with Gasteiger partial charge in [0.25, 0.3) is 5.91 Å². The van der Waals surface area contributed by atoms with E-state index in [1.807, 2.05) is 0 Å². The van der Waals surface area contributed by atoms with Crippen LogP contribution in [0.25, 0.3) is 0 Å². The molecule has 1 atom stereocenters. The molecule has 2 amide bonds. The monoisotopic (exact) mass is 377 g/mol. The standard InChI is InChI=1S/C15H19N7O3S/c1-21-15(18-19-20-21)26-9-13(23)22-6-2-3-11(8-22)25-10-4-5-17-12(7-10)14(16)24/h4-5,7,11H,2-3,6,8-9H2,1H3,(H2,16,24). The molecule has 138 valence electrons. The number of carbonyl (C=O) groups excluding carboxylic acids is 2. The summed E-state index contributed by atoms with van der Waals surface area (Å²) in [6.45, 7) is 1.18. The molecule has 2 aromatic heterocycles. The van der Waals surface area contributed by atoms with Gasteiger partial charge in [-0.05, 0) is 29.3 Å². The number of carbonyl (C=O) groups is 2. The van der Waals surface area contributed by atoms with E-state index in [4.69, 9.17) is 10.5 Å². The van der Waals surface area contributed by atoms with Gasteiger partial charge in [-0.25, -0.2) is 4.68 Å². The minimum Gasteiger partial charge on any atom is -0.488 e. The van der Waals surface area contributed by atoms with E-state index in [0.717, 1.165) is 12.8 Å². The molecule has 0 saturated carbocycles. The van der Waals surface area contributed by atoms with E-state index in [-0.39, 0.29) is 23.5 Å². The van der Waals surface area contributed by atoms with Crippen LogP contribution in [-0.4, -0.2) is 66.9 Å². The maximum atomic E-state index is 12.4. The van der Waals surface area contributed by atoms with Gasteiger partial charge in [0.1, 0.15) is 17.5 Å². The number of thioether (sulfide) groups is 1. The number of ether oxygens (including phenoxy) is 1. The average Bonchev–Trinajstić information content (AvgIpc) is 3.05. The first kappa shape index (κ1) is 18.1. The highest BCUT2D eigenvalue weighted by Gasteiger charge is 2.25. The van der Waals surface area contributed by atoms with E-state index < -0.39 is 5.91 Å². The second-order valence-corrected chi connectivity index (χ2v) is 6.78. The summed E-state index contributed by atoms with van der Waals surface area (Å²) in [5.41, 5.74) is 5.39. The second-order valence-electron chi connectivity index (χ2n) is 5.84. The van der Waals surface area contributed by atoms with Gasteiger partial charge in [0, 0.05) is 25.9 Å². The molecule has 1 fully saturated rings. The third-order valence-corrected chi connectivity index (χ3v) is 4.92. The molecule has 3 rings (SSSR count). The Balaban J connectivity index is 1.55. The van der Waals surface area contributed by atoms with Crippen molar-refractivity contribution >= 4 is 23.6 Å². The van der Waals surface area contributed by atoms with Gasteiger partial charge < -0.3 is 15.4 Å². The van der Waals surface area contributed by atoms with Crippen molar-refractivity contribution in [2.24, 2.45) is 12.8 Å². The van der Waals surface area contributed by atoms with Gasteiger partial charge in [-0.2, -0.15) is 0 Å². The van der Waals surface area contributed by atoms with E-state index in [0.29, 0.717) is 24.0 Å². The number of likely N-dealkylation sites (tertiary alicyclic amines) is 1. The van der Waals surface area contributed by atoms with Crippen LogP contribution in [0.4, 0.5) is 0 Å². The molecule has 0 spiro atoms. The molecule has 3 heterocycles. The summed E-state index contributed by atoms with van der Waals surface area (Å²) < 4.78 is 7.44. The Kier molecular flexibility index (Phi) is 5.66. The Morgan fingerprint density at radius 1 is 1.46 bits per heavy atom. The number of piperidine rings is 1. The van der Waals surface area contributed by atoms with Crippen LogP contribution in [0.15, 0.2) is 23.5 Å². The molecule has 0 bridgehead atoms. The summed E-state index contributed by atoms with van der Waals surface area (Å²) in [5.74, 6) is 0.194. The number of nitrogens with zero attached hydrogens (tertiary/aromatic N) is 6. The molecule has 26 heavy (non-hydrogen) atoms. The maximum absolute atomic E-state index is 12.4. The zero-order valence-electron chi connectivity index (χ0n) is 14.2. The molecule has 11 heteroatoms. The Labute approximate surface area is 154 Å². The highest BCUT2D eigenvalue weighted by Crippen LogP contribution is 2.20. The normalized spacial score (nSPS) is 17.1. The first-order valence-corrected chi connectivity index (χ1v) is 9.07. The summed E-state index contributed by atoms with van der Waals surface area (Å²) in [6, 6.07) is 3.18. The smallest absolute Gasteiger partial charge is 0.267 e. The number of hydrogen-bond acceptors (Lipinski definition) is 8. The van der Waals surface area contributed by atoms with E-state index in [9.17, 15) is 9.59 Å². The van der Waals surface area contributed by atoms with Crippen LogP contribution in [0.1, 0.15) is 23.3 Å². The van der Waals surface area contributed by atoms with Crippen LogP contribution in [0, 0.1) is 0 Å². The Morgan fingerprint density at radius 2 is 2.31 bits per heavy atom. The highest BCUT2D eigenvalue weighted by molar-refractivity contribution is 7.99. The van der Waals surface area contributed by atoms with Crippen molar-refractivity contribution < 1.29 is 14.3 Å². The van der Waals surface area contributed by atoms with Crippen LogP contribution in [-0.2, 0) is 11.8 Å². The van der Waals surface area contributed by atoms with Gasteiger partial charge in [-0.1, -0.05) is 11.8 Å². The van der Waals surface area contributed by atoms with Gasteiger partial charge in [-0.3, -0.25) is 14.6 Å². The number of aryl methyl sites for hydroxylation is 1. The van der Waals surface area contributed by atoms with Crippen molar-refractivity contribution in [1.29, 1.82) is 0 Å². The van der Waals surface area contributed by atoms with Crippen molar-refractivity contribution in [1.82, 2.24) is 30.1 Å². The van der Waals surface area contributed by atoms with Gasteiger partial charge in [-0.15, -0.1) is 5.10 Å². The van der Waals surface area contributed by atoms with E-state index in [1.54, 1.807) is 18.0 Å². The lowest BCUT2D eigenvalue weighted by Crippen LogP contribution is -2.45. The van der Waals surface area contributed by atoms with Crippen LogP contribution < -0.4 is 10.5 Å². The topological polar surface area (TPSA) is 129 Å². The van der Waals surface area contributed by atoms with E-state index in [2.05, 4.69) is 20.5 Å². The van der Waals surface area contributed by atoms with Crippen molar-refractivity contribution in [3.05, 3.63) is 24.0 Å². The summed E-state index contributed by atoms with van der Waals surface area (Å²) in [5, 5.41) is 11.7. The molecule has 2 aromatic rings. The molecule has 1 aliphatic rings. The fourth-order valence-corrected chi connectivity index (χ4v) is 3.39. The van der Waals surface area contributed by atoms with Gasteiger partial charge in [0.2, 0.25) is 11.1 Å². The molecule has 2 N–H and O–H groups in total. The summed E-state index contributed by atoms with van der Waals surface area (Å²) >= 11 is 1.30. The number of rotatable bonds is 6. The average molecular weight is 377 g/mol. The minimum atomic E-state index is -0.605. The van der Waals surface area contributed by atoms with Crippen LogP contribution >= 0.6 is 11.8 Å². The maximum Gasteiger partial charge on any atom is 0.267 e. The molecule has 0 aliphatic carbocycles.